The van der Waals surface area contributed by atoms with Gasteiger partial charge in [-0.1, -0.05) is 29.8 Å². The monoisotopic (exact) mass is 303 g/mol. The summed E-state index contributed by atoms with van der Waals surface area (Å²) >= 11 is 1.48. The van der Waals surface area contributed by atoms with Gasteiger partial charge in [-0.05, 0) is 30.7 Å². The summed E-state index contributed by atoms with van der Waals surface area (Å²) < 4.78 is 0. The maximum atomic E-state index is 9.41. The molecule has 0 amide bonds. The van der Waals surface area contributed by atoms with Gasteiger partial charge in [0.2, 0.25) is 0 Å². The third kappa shape index (κ3) is 3.11. The summed E-state index contributed by atoms with van der Waals surface area (Å²) in [5.41, 5.74) is 4.65. The zero-order valence-corrected chi connectivity index (χ0v) is 12.8. The Hall–Kier alpha value is -2.77. The molecule has 2 aromatic heterocycles. The minimum atomic E-state index is 0.578. The number of thiazole rings is 1. The van der Waals surface area contributed by atoms with Crippen molar-refractivity contribution in [3.8, 4) is 17.3 Å². The molecule has 0 unspecified atom stereocenters. The fourth-order valence-electron chi connectivity index (χ4n) is 2.02. The molecule has 3 nitrogen and oxygen atoms in total. The van der Waals surface area contributed by atoms with Crippen LogP contribution in [-0.2, 0) is 0 Å². The zero-order valence-electron chi connectivity index (χ0n) is 12.0. The molecule has 1 aromatic carbocycles. The maximum Gasteiger partial charge on any atom is 0.134 e. The molecule has 22 heavy (non-hydrogen) atoms. The van der Waals surface area contributed by atoms with Crippen molar-refractivity contribution < 1.29 is 0 Å². The van der Waals surface area contributed by atoms with E-state index in [0.717, 1.165) is 21.8 Å². The van der Waals surface area contributed by atoms with Crippen molar-refractivity contribution >= 4 is 23.0 Å². The van der Waals surface area contributed by atoms with Crippen LogP contribution in [0.2, 0.25) is 0 Å². The quantitative estimate of drug-likeness (QED) is 0.665. The minimum Gasteiger partial charge on any atom is -0.265 e. The second-order valence-corrected chi connectivity index (χ2v) is 5.71. The molecule has 0 aliphatic rings. The molecule has 0 aliphatic carbocycles. The molecule has 3 aromatic rings. The molecule has 0 aliphatic heterocycles. The van der Waals surface area contributed by atoms with E-state index >= 15 is 0 Å². The third-order valence-electron chi connectivity index (χ3n) is 3.22. The molecule has 2 heterocycles. The summed E-state index contributed by atoms with van der Waals surface area (Å²) in [6.45, 7) is 2.04. The Balaban J connectivity index is 1.94. The Morgan fingerprint density at radius 2 is 1.86 bits per heavy atom. The average Bonchev–Trinajstić information content (AvgIpc) is 3.05. The van der Waals surface area contributed by atoms with E-state index in [2.05, 4.69) is 16.0 Å². The highest BCUT2D eigenvalue weighted by molar-refractivity contribution is 7.11. The summed E-state index contributed by atoms with van der Waals surface area (Å²) in [5.74, 6) is 0. The number of aromatic nitrogens is 2. The Labute approximate surface area is 133 Å². The molecule has 3 rings (SSSR count). The van der Waals surface area contributed by atoms with Gasteiger partial charge in [-0.15, -0.1) is 11.3 Å². The second kappa shape index (κ2) is 6.33. The Kier molecular flexibility index (Phi) is 4.08. The van der Waals surface area contributed by atoms with Crippen molar-refractivity contribution in [2.75, 3.05) is 0 Å². The van der Waals surface area contributed by atoms with Crippen molar-refractivity contribution in [1.82, 2.24) is 9.97 Å². The molecule has 0 saturated carbocycles. The van der Waals surface area contributed by atoms with E-state index in [1.54, 1.807) is 12.4 Å². The molecular formula is C18H13N3S. The average molecular weight is 303 g/mol. The topological polar surface area (TPSA) is 49.6 Å². The van der Waals surface area contributed by atoms with Crippen molar-refractivity contribution in [2.24, 2.45) is 0 Å². The van der Waals surface area contributed by atoms with Crippen LogP contribution < -0.4 is 0 Å². The molecule has 0 fully saturated rings. The number of pyridine rings is 1. The third-order valence-corrected chi connectivity index (χ3v) is 4.10. The number of allylic oxidation sites excluding steroid dienone is 1. The smallest absolute Gasteiger partial charge is 0.134 e. The summed E-state index contributed by atoms with van der Waals surface area (Å²) in [6, 6.07) is 14.1. The summed E-state index contributed by atoms with van der Waals surface area (Å²) in [6.07, 6.45) is 5.35. The highest BCUT2D eigenvalue weighted by Gasteiger charge is 2.08. The Morgan fingerprint density at radius 3 is 2.55 bits per heavy atom. The van der Waals surface area contributed by atoms with Crippen molar-refractivity contribution in [1.29, 1.82) is 5.26 Å². The van der Waals surface area contributed by atoms with Crippen LogP contribution in [0.4, 0.5) is 0 Å². The maximum absolute atomic E-state index is 9.41. The van der Waals surface area contributed by atoms with Crippen molar-refractivity contribution in [3.63, 3.8) is 0 Å². The Bertz CT molecular complexity index is 840. The SMILES string of the molecule is Cc1ccc(/C=C(/C#N)c2nc(-c3ccncc3)cs2)cc1. The van der Waals surface area contributed by atoms with E-state index < -0.39 is 0 Å². The zero-order chi connectivity index (χ0) is 15.4. The van der Waals surface area contributed by atoms with Crippen molar-refractivity contribution in [2.45, 2.75) is 6.92 Å². The van der Waals surface area contributed by atoms with Gasteiger partial charge in [0, 0.05) is 23.3 Å². The number of hydrogen-bond acceptors (Lipinski definition) is 4. The first-order chi connectivity index (χ1) is 10.8. The van der Waals surface area contributed by atoms with E-state index in [9.17, 15) is 5.26 Å². The van der Waals surface area contributed by atoms with Gasteiger partial charge in [0.15, 0.2) is 0 Å². The number of nitrogens with zero attached hydrogens (tertiary/aromatic N) is 3. The van der Waals surface area contributed by atoms with Crippen LogP contribution in [0.1, 0.15) is 16.1 Å². The van der Waals surface area contributed by atoms with E-state index in [0.29, 0.717) is 5.57 Å². The van der Waals surface area contributed by atoms with Crippen molar-refractivity contribution in [3.05, 3.63) is 70.3 Å². The molecular weight excluding hydrogens is 290 g/mol. The molecule has 0 spiro atoms. The van der Waals surface area contributed by atoms with Gasteiger partial charge < -0.3 is 0 Å². The predicted molar refractivity (Wildman–Crippen MR) is 90.0 cm³/mol. The lowest BCUT2D eigenvalue weighted by atomic mass is 10.1. The van der Waals surface area contributed by atoms with Gasteiger partial charge in [-0.2, -0.15) is 5.26 Å². The molecule has 0 atom stereocenters. The molecule has 0 saturated heterocycles. The van der Waals surface area contributed by atoms with Gasteiger partial charge in [0.25, 0.3) is 0 Å². The number of rotatable bonds is 3. The van der Waals surface area contributed by atoms with Crippen LogP contribution in [0.15, 0.2) is 54.2 Å². The normalized spacial score (nSPS) is 11.2. The minimum absolute atomic E-state index is 0.578. The predicted octanol–water partition coefficient (Wildman–Crippen LogP) is 4.58. The molecule has 4 heteroatoms. The van der Waals surface area contributed by atoms with Crippen LogP contribution in [0, 0.1) is 18.3 Å². The van der Waals surface area contributed by atoms with Gasteiger partial charge in [-0.25, -0.2) is 4.98 Å². The van der Waals surface area contributed by atoms with E-state index in [1.807, 2.05) is 54.8 Å². The number of benzene rings is 1. The van der Waals surface area contributed by atoms with Crippen LogP contribution in [0.3, 0.4) is 0 Å². The van der Waals surface area contributed by atoms with E-state index in [4.69, 9.17) is 0 Å². The number of nitriles is 1. The van der Waals surface area contributed by atoms with Gasteiger partial charge in [0.1, 0.15) is 11.1 Å². The molecule has 106 valence electrons. The largest absolute Gasteiger partial charge is 0.265 e. The number of hydrogen-bond donors (Lipinski definition) is 0. The van der Waals surface area contributed by atoms with Gasteiger partial charge in [-0.3, -0.25) is 4.98 Å². The fraction of sp³-hybridized carbons (Fsp3) is 0.0556. The van der Waals surface area contributed by atoms with Crippen LogP contribution in [0.5, 0.6) is 0 Å². The summed E-state index contributed by atoms with van der Waals surface area (Å²) in [4.78, 5) is 8.57. The second-order valence-electron chi connectivity index (χ2n) is 4.85. The standard InChI is InChI=1S/C18H13N3S/c1-13-2-4-14(5-3-13)10-16(11-19)18-21-17(12-22-18)15-6-8-20-9-7-15/h2-10,12H,1H3/b16-10-. The first-order valence-corrected chi connectivity index (χ1v) is 7.69. The van der Waals surface area contributed by atoms with Crippen LogP contribution in [-0.4, -0.2) is 9.97 Å². The molecule has 0 bridgehead atoms. The lowest BCUT2D eigenvalue weighted by molar-refractivity contribution is 1.31. The lowest BCUT2D eigenvalue weighted by Crippen LogP contribution is -1.83. The lowest BCUT2D eigenvalue weighted by Gasteiger charge is -1.97. The highest BCUT2D eigenvalue weighted by Crippen LogP contribution is 2.26. The summed E-state index contributed by atoms with van der Waals surface area (Å²) in [5, 5.41) is 12.1. The van der Waals surface area contributed by atoms with Crippen LogP contribution >= 0.6 is 11.3 Å². The molecule has 0 N–H and O–H groups in total. The molecule has 0 radical (unpaired) electrons. The van der Waals surface area contributed by atoms with Crippen LogP contribution in [0.25, 0.3) is 22.9 Å². The van der Waals surface area contributed by atoms with E-state index in [-0.39, 0.29) is 0 Å². The number of aryl methyl sites for hydroxylation is 1. The highest BCUT2D eigenvalue weighted by atomic mass is 32.1. The fourth-order valence-corrected chi connectivity index (χ4v) is 2.82. The van der Waals surface area contributed by atoms with Gasteiger partial charge in [0.05, 0.1) is 11.3 Å². The first-order valence-electron chi connectivity index (χ1n) is 6.81. The van der Waals surface area contributed by atoms with Gasteiger partial charge >= 0.3 is 0 Å². The van der Waals surface area contributed by atoms with E-state index in [1.165, 1.54) is 16.9 Å². The summed E-state index contributed by atoms with van der Waals surface area (Å²) in [7, 11) is 0. The Morgan fingerprint density at radius 1 is 1.14 bits per heavy atom. The first kappa shape index (κ1) is 14.2.